The van der Waals surface area contributed by atoms with Crippen molar-refractivity contribution in [2.24, 2.45) is 5.92 Å². The van der Waals surface area contributed by atoms with E-state index in [1.165, 1.54) is 22.8 Å². The molecule has 0 fully saturated rings. The first-order chi connectivity index (χ1) is 11.1. The zero-order valence-corrected chi connectivity index (χ0v) is 15.3. The maximum atomic E-state index is 14.5. The minimum Gasteiger partial charge on any atom is -0.307 e. The van der Waals surface area contributed by atoms with Crippen LogP contribution >= 0.6 is 11.6 Å². The largest absolute Gasteiger partial charge is 0.307 e. The van der Waals surface area contributed by atoms with Gasteiger partial charge in [0.1, 0.15) is 16.7 Å². The van der Waals surface area contributed by atoms with Crippen molar-refractivity contribution in [3.8, 4) is 11.3 Å². The minimum absolute atomic E-state index is 0.0565. The van der Waals surface area contributed by atoms with Crippen molar-refractivity contribution in [2.45, 2.75) is 46.6 Å². The van der Waals surface area contributed by atoms with Gasteiger partial charge in [-0.1, -0.05) is 45.4 Å². The van der Waals surface area contributed by atoms with Crippen LogP contribution in [0.3, 0.4) is 0 Å². The van der Waals surface area contributed by atoms with Gasteiger partial charge >= 0.3 is 0 Å². The molecule has 0 saturated carbocycles. The first kappa shape index (κ1) is 18.7. The molecule has 0 spiro atoms. The number of aromatic nitrogens is 1. The topological polar surface area (TPSA) is 22.0 Å². The Morgan fingerprint density at radius 3 is 2.21 bits per heavy atom. The van der Waals surface area contributed by atoms with E-state index >= 15 is 0 Å². The summed E-state index contributed by atoms with van der Waals surface area (Å²) in [5.41, 5.74) is -0.135. The Hall–Kier alpha value is -1.68. The lowest BCUT2D eigenvalue weighted by Gasteiger charge is -2.33. The average molecular weight is 354 g/mol. The Morgan fingerprint density at radius 1 is 1.21 bits per heavy atom. The molecule has 0 atom stereocenters. The molecule has 0 radical (unpaired) electrons. The number of hydrogen-bond acceptors (Lipinski definition) is 1. The quantitative estimate of drug-likeness (QED) is 0.721. The molecule has 0 aliphatic carbocycles. The highest BCUT2D eigenvalue weighted by atomic mass is 35.5. The number of benzene rings is 1. The first-order valence-electron chi connectivity index (χ1n) is 8.01. The molecule has 0 aliphatic heterocycles. The van der Waals surface area contributed by atoms with Crippen molar-refractivity contribution >= 4 is 11.6 Å². The number of rotatable bonds is 4. The molecule has 2 rings (SSSR count). The average Bonchev–Trinajstić information content (AvgIpc) is 2.50. The van der Waals surface area contributed by atoms with Gasteiger partial charge in [0.2, 0.25) is 0 Å². The molecule has 1 aromatic heterocycles. The zero-order chi connectivity index (χ0) is 18.2. The Morgan fingerprint density at radius 2 is 1.75 bits per heavy atom. The molecule has 130 valence electrons. The number of halogens is 3. The van der Waals surface area contributed by atoms with Gasteiger partial charge < -0.3 is 4.57 Å². The van der Waals surface area contributed by atoms with Crippen molar-refractivity contribution < 1.29 is 8.78 Å². The maximum absolute atomic E-state index is 14.5. The van der Waals surface area contributed by atoms with Crippen LogP contribution in [-0.2, 0) is 12.0 Å². The summed E-state index contributed by atoms with van der Waals surface area (Å²) in [6.45, 7) is 10.0. The highest BCUT2D eigenvalue weighted by Crippen LogP contribution is 2.40. The van der Waals surface area contributed by atoms with Gasteiger partial charge in [-0.15, -0.1) is 0 Å². The fraction of sp³-hybridized carbons (Fsp3) is 0.421. The lowest BCUT2D eigenvalue weighted by Crippen LogP contribution is -2.31. The summed E-state index contributed by atoms with van der Waals surface area (Å²) in [6.07, 6.45) is 0. The second-order valence-corrected chi connectivity index (χ2v) is 7.18. The third-order valence-corrected chi connectivity index (χ3v) is 5.17. The van der Waals surface area contributed by atoms with Crippen LogP contribution in [0.1, 0.15) is 40.2 Å². The van der Waals surface area contributed by atoms with E-state index in [4.69, 9.17) is 11.6 Å². The SMILES string of the molecule is CCn1c(-c2c(F)cccc2F)c(C(C)(C)C(C)C)cc(Cl)c1=O. The molecule has 24 heavy (non-hydrogen) atoms. The van der Waals surface area contributed by atoms with Crippen LogP contribution in [0.25, 0.3) is 11.3 Å². The van der Waals surface area contributed by atoms with Gasteiger partial charge in [0.15, 0.2) is 0 Å². The van der Waals surface area contributed by atoms with E-state index in [-0.39, 0.29) is 28.7 Å². The molecule has 1 aromatic carbocycles. The van der Waals surface area contributed by atoms with Crippen LogP contribution in [0, 0.1) is 17.6 Å². The third kappa shape index (κ3) is 3.00. The Kier molecular flexibility index (Phi) is 5.19. The normalized spacial score (nSPS) is 12.0. The Bertz CT molecular complexity index is 805. The Labute approximate surface area is 146 Å². The standard InChI is InChI=1S/C19H22ClF2NO/c1-6-23-17(16-14(21)8-7-9-15(16)22)12(10-13(20)18(23)24)19(4,5)11(2)3/h7-11H,6H2,1-5H3. The molecule has 0 aliphatic rings. The van der Waals surface area contributed by atoms with Gasteiger partial charge in [0.25, 0.3) is 5.56 Å². The fourth-order valence-corrected chi connectivity index (χ4v) is 2.94. The maximum Gasteiger partial charge on any atom is 0.269 e. The second kappa shape index (κ2) is 6.67. The van der Waals surface area contributed by atoms with Gasteiger partial charge in [-0.2, -0.15) is 0 Å². The fourth-order valence-electron chi connectivity index (χ4n) is 2.73. The van der Waals surface area contributed by atoms with Gasteiger partial charge in [-0.05, 0) is 42.0 Å². The van der Waals surface area contributed by atoms with E-state index in [0.717, 1.165) is 0 Å². The van der Waals surface area contributed by atoms with Gasteiger partial charge in [-0.25, -0.2) is 8.78 Å². The number of pyridine rings is 1. The lowest BCUT2D eigenvalue weighted by molar-refractivity contribution is 0.370. The van der Waals surface area contributed by atoms with Gasteiger partial charge in [-0.3, -0.25) is 4.79 Å². The van der Waals surface area contributed by atoms with Crippen molar-refractivity contribution in [2.75, 3.05) is 0 Å². The molecule has 0 unspecified atom stereocenters. The molecule has 1 heterocycles. The monoisotopic (exact) mass is 353 g/mol. The van der Waals surface area contributed by atoms with Crippen LogP contribution in [0.2, 0.25) is 5.02 Å². The van der Waals surface area contributed by atoms with E-state index in [1.807, 2.05) is 27.7 Å². The van der Waals surface area contributed by atoms with E-state index in [0.29, 0.717) is 5.56 Å². The predicted octanol–water partition coefficient (Wildman–Crippen LogP) is 5.40. The highest BCUT2D eigenvalue weighted by Gasteiger charge is 2.32. The highest BCUT2D eigenvalue weighted by molar-refractivity contribution is 6.30. The molecule has 0 saturated heterocycles. The van der Waals surface area contributed by atoms with Gasteiger partial charge in [0, 0.05) is 6.54 Å². The van der Waals surface area contributed by atoms with Crippen molar-refractivity contribution in [1.82, 2.24) is 4.57 Å². The molecule has 5 heteroatoms. The molecule has 0 N–H and O–H groups in total. The second-order valence-electron chi connectivity index (χ2n) is 6.78. The third-order valence-electron chi connectivity index (χ3n) is 4.90. The van der Waals surface area contributed by atoms with Crippen LogP contribution in [0.15, 0.2) is 29.1 Å². The van der Waals surface area contributed by atoms with E-state index < -0.39 is 22.6 Å². The lowest BCUT2D eigenvalue weighted by atomic mass is 9.73. The van der Waals surface area contributed by atoms with Crippen molar-refractivity contribution in [1.29, 1.82) is 0 Å². The minimum atomic E-state index is -0.695. The van der Waals surface area contributed by atoms with E-state index in [2.05, 4.69) is 0 Å². The Balaban J connectivity index is 3.03. The summed E-state index contributed by atoms with van der Waals surface area (Å²) in [4.78, 5) is 12.5. The van der Waals surface area contributed by atoms with Crippen LogP contribution in [0.4, 0.5) is 8.78 Å². The summed E-state index contributed by atoms with van der Waals surface area (Å²) >= 11 is 6.13. The summed E-state index contributed by atoms with van der Waals surface area (Å²) in [6, 6.07) is 5.26. The van der Waals surface area contributed by atoms with Crippen molar-refractivity contribution in [3.05, 3.63) is 56.8 Å². The molecule has 0 bridgehead atoms. The molecular weight excluding hydrogens is 332 g/mol. The molecule has 2 nitrogen and oxygen atoms in total. The van der Waals surface area contributed by atoms with Crippen LogP contribution < -0.4 is 5.56 Å². The summed E-state index contributed by atoms with van der Waals surface area (Å²) in [5.74, 6) is -1.22. The summed E-state index contributed by atoms with van der Waals surface area (Å²) in [5, 5.41) is 0.0565. The first-order valence-corrected chi connectivity index (χ1v) is 8.38. The number of hydrogen-bond donors (Lipinski definition) is 0. The van der Waals surface area contributed by atoms with Crippen LogP contribution in [-0.4, -0.2) is 4.57 Å². The number of nitrogens with zero attached hydrogens (tertiary/aromatic N) is 1. The van der Waals surface area contributed by atoms with Gasteiger partial charge in [0.05, 0.1) is 11.3 Å². The zero-order valence-electron chi connectivity index (χ0n) is 14.6. The smallest absolute Gasteiger partial charge is 0.269 e. The summed E-state index contributed by atoms with van der Waals surface area (Å²) in [7, 11) is 0. The predicted molar refractivity (Wildman–Crippen MR) is 94.6 cm³/mol. The van der Waals surface area contributed by atoms with E-state index in [9.17, 15) is 13.6 Å². The summed E-state index contributed by atoms with van der Waals surface area (Å²) < 4.78 is 30.3. The van der Waals surface area contributed by atoms with Crippen LogP contribution in [0.5, 0.6) is 0 Å². The molecular formula is C19H22ClF2NO. The molecule has 0 amide bonds. The van der Waals surface area contributed by atoms with E-state index in [1.54, 1.807) is 13.0 Å². The molecule has 2 aromatic rings. The van der Waals surface area contributed by atoms with Crippen molar-refractivity contribution in [3.63, 3.8) is 0 Å².